The Morgan fingerprint density at radius 2 is 1.89 bits per heavy atom. The predicted molar refractivity (Wildman–Crippen MR) is 134 cm³/mol. The number of piperazine rings is 1. The van der Waals surface area contributed by atoms with E-state index in [1.807, 2.05) is 49.9 Å². The standard InChI is InChI=1S/C24H28N10O2/c1-15-12-21(28-22-13-16(2)30-31-22)29-23(26-15)33-7-9-34(10-8-33)24(35)27-17(3)18-4-5-19(25-14-18)20-6-11-36-32-20/h4-6,11-14,17H,7-10H2,1-3H3,(H,27,35)(H2,26,28,29,30,31). The fraction of sp³-hybridized carbons (Fsp3) is 0.333. The Morgan fingerprint density at radius 1 is 1.06 bits per heavy atom. The molecule has 36 heavy (non-hydrogen) atoms. The van der Waals surface area contributed by atoms with Crippen molar-refractivity contribution in [2.45, 2.75) is 26.8 Å². The van der Waals surface area contributed by atoms with Gasteiger partial charge in [-0.25, -0.2) is 9.78 Å². The number of amides is 2. The number of carbonyl (C=O) groups excluding carboxylic acids is 1. The van der Waals surface area contributed by atoms with Crippen LogP contribution >= 0.6 is 0 Å². The first kappa shape index (κ1) is 23.3. The van der Waals surface area contributed by atoms with Crippen molar-refractivity contribution in [3.8, 4) is 11.4 Å². The van der Waals surface area contributed by atoms with Gasteiger partial charge in [0.15, 0.2) is 5.82 Å². The van der Waals surface area contributed by atoms with Crippen LogP contribution in [0.4, 0.5) is 22.4 Å². The molecule has 1 fully saturated rings. The van der Waals surface area contributed by atoms with Gasteiger partial charge >= 0.3 is 6.03 Å². The summed E-state index contributed by atoms with van der Waals surface area (Å²) in [5.74, 6) is 2.02. The molecule has 5 heterocycles. The van der Waals surface area contributed by atoms with E-state index < -0.39 is 0 Å². The molecule has 1 atom stereocenters. The van der Waals surface area contributed by atoms with Crippen molar-refractivity contribution in [3.05, 3.63) is 59.7 Å². The molecule has 1 aliphatic rings. The molecule has 5 rings (SSSR count). The van der Waals surface area contributed by atoms with Crippen LogP contribution in [-0.4, -0.2) is 67.4 Å². The summed E-state index contributed by atoms with van der Waals surface area (Å²) in [5.41, 5.74) is 4.12. The topological polar surface area (TPSA) is 141 Å². The van der Waals surface area contributed by atoms with Crippen molar-refractivity contribution < 1.29 is 9.32 Å². The summed E-state index contributed by atoms with van der Waals surface area (Å²) in [6.07, 6.45) is 3.26. The maximum absolute atomic E-state index is 12.9. The Labute approximate surface area is 208 Å². The molecule has 0 saturated carbocycles. The van der Waals surface area contributed by atoms with Gasteiger partial charge < -0.3 is 25.0 Å². The number of aromatic nitrogens is 6. The van der Waals surface area contributed by atoms with Crippen molar-refractivity contribution in [2.75, 3.05) is 36.4 Å². The first-order valence-corrected chi connectivity index (χ1v) is 11.8. The van der Waals surface area contributed by atoms with E-state index in [-0.39, 0.29) is 12.1 Å². The molecule has 12 nitrogen and oxygen atoms in total. The fourth-order valence-corrected chi connectivity index (χ4v) is 4.00. The number of nitrogens with one attached hydrogen (secondary N) is 3. The highest BCUT2D eigenvalue weighted by molar-refractivity contribution is 5.75. The van der Waals surface area contributed by atoms with E-state index >= 15 is 0 Å². The summed E-state index contributed by atoms with van der Waals surface area (Å²) in [7, 11) is 0. The molecule has 2 amide bonds. The molecular weight excluding hydrogens is 460 g/mol. The lowest BCUT2D eigenvalue weighted by molar-refractivity contribution is 0.191. The van der Waals surface area contributed by atoms with Crippen LogP contribution in [0.1, 0.15) is 29.9 Å². The Kier molecular flexibility index (Phi) is 6.48. The van der Waals surface area contributed by atoms with Gasteiger partial charge in [-0.05, 0) is 32.4 Å². The molecule has 1 aliphatic heterocycles. The third kappa shape index (κ3) is 5.27. The Morgan fingerprint density at radius 3 is 2.56 bits per heavy atom. The van der Waals surface area contributed by atoms with Crippen LogP contribution in [0, 0.1) is 13.8 Å². The van der Waals surface area contributed by atoms with Crippen LogP contribution in [0.25, 0.3) is 11.4 Å². The number of H-pyrrole nitrogens is 1. The number of nitrogens with zero attached hydrogens (tertiary/aromatic N) is 7. The second kappa shape index (κ2) is 10.0. The molecule has 0 radical (unpaired) electrons. The fourth-order valence-electron chi connectivity index (χ4n) is 4.00. The van der Waals surface area contributed by atoms with Gasteiger partial charge in [-0.2, -0.15) is 10.1 Å². The maximum Gasteiger partial charge on any atom is 0.317 e. The van der Waals surface area contributed by atoms with Gasteiger partial charge in [-0.15, -0.1) is 0 Å². The molecule has 4 aromatic heterocycles. The monoisotopic (exact) mass is 488 g/mol. The molecule has 186 valence electrons. The van der Waals surface area contributed by atoms with E-state index in [2.05, 4.69) is 45.8 Å². The minimum Gasteiger partial charge on any atom is -0.364 e. The lowest BCUT2D eigenvalue weighted by Gasteiger charge is -2.35. The van der Waals surface area contributed by atoms with Gasteiger partial charge in [0.1, 0.15) is 17.8 Å². The average molecular weight is 489 g/mol. The zero-order valence-corrected chi connectivity index (χ0v) is 20.4. The quantitative estimate of drug-likeness (QED) is 0.373. The number of rotatable bonds is 6. The van der Waals surface area contributed by atoms with E-state index in [9.17, 15) is 4.79 Å². The number of anilines is 3. The number of aryl methyl sites for hydroxylation is 2. The molecular formula is C24H28N10O2. The number of aromatic amines is 1. The first-order valence-electron chi connectivity index (χ1n) is 11.8. The first-order chi connectivity index (χ1) is 17.4. The summed E-state index contributed by atoms with van der Waals surface area (Å²) in [6, 6.07) is 9.06. The van der Waals surface area contributed by atoms with Gasteiger partial charge in [0.05, 0.1) is 11.7 Å². The smallest absolute Gasteiger partial charge is 0.317 e. The van der Waals surface area contributed by atoms with Crippen molar-refractivity contribution in [1.82, 2.24) is 40.5 Å². The molecule has 1 unspecified atom stereocenters. The van der Waals surface area contributed by atoms with Gasteiger partial charge in [0, 0.05) is 62.0 Å². The molecule has 3 N–H and O–H groups in total. The Hall–Kier alpha value is -4.48. The number of hydrogen-bond acceptors (Lipinski definition) is 9. The van der Waals surface area contributed by atoms with Gasteiger partial charge in [0.2, 0.25) is 5.95 Å². The molecule has 4 aromatic rings. The summed E-state index contributed by atoms with van der Waals surface area (Å²) < 4.78 is 4.87. The third-order valence-electron chi connectivity index (χ3n) is 5.98. The van der Waals surface area contributed by atoms with Crippen molar-refractivity contribution in [1.29, 1.82) is 0 Å². The van der Waals surface area contributed by atoms with Crippen LogP contribution in [0.2, 0.25) is 0 Å². The van der Waals surface area contributed by atoms with Crippen LogP contribution in [0.5, 0.6) is 0 Å². The van der Waals surface area contributed by atoms with Crippen LogP contribution in [-0.2, 0) is 0 Å². The van der Waals surface area contributed by atoms with Crippen LogP contribution < -0.4 is 15.5 Å². The van der Waals surface area contributed by atoms with Gasteiger partial charge in [-0.1, -0.05) is 11.2 Å². The summed E-state index contributed by atoms with van der Waals surface area (Å²) in [5, 5.41) is 17.3. The van der Waals surface area contributed by atoms with E-state index in [0.29, 0.717) is 49.5 Å². The molecule has 12 heteroatoms. The molecule has 0 aliphatic carbocycles. The summed E-state index contributed by atoms with van der Waals surface area (Å²) in [4.78, 5) is 30.5. The summed E-state index contributed by atoms with van der Waals surface area (Å²) >= 11 is 0. The SMILES string of the molecule is Cc1cc(Nc2cc(C)[nH]n2)nc(N2CCN(C(=O)NC(C)c3ccc(-c4ccon4)nc3)CC2)n1. The molecule has 0 bridgehead atoms. The average Bonchev–Trinajstić information content (AvgIpc) is 3.56. The second-order valence-electron chi connectivity index (χ2n) is 8.76. The van der Waals surface area contributed by atoms with E-state index in [0.717, 1.165) is 22.6 Å². The highest BCUT2D eigenvalue weighted by Crippen LogP contribution is 2.20. The largest absolute Gasteiger partial charge is 0.364 e. The van der Waals surface area contributed by atoms with E-state index in [4.69, 9.17) is 4.52 Å². The molecule has 0 aromatic carbocycles. The number of carbonyl (C=O) groups is 1. The lowest BCUT2D eigenvalue weighted by atomic mass is 10.1. The highest BCUT2D eigenvalue weighted by atomic mass is 16.5. The predicted octanol–water partition coefficient (Wildman–Crippen LogP) is 3.20. The number of hydrogen-bond donors (Lipinski definition) is 3. The lowest BCUT2D eigenvalue weighted by Crippen LogP contribution is -2.52. The zero-order valence-electron chi connectivity index (χ0n) is 20.4. The van der Waals surface area contributed by atoms with Crippen LogP contribution in [0.3, 0.4) is 0 Å². The van der Waals surface area contributed by atoms with Crippen LogP contribution in [0.15, 0.2) is 47.3 Å². The van der Waals surface area contributed by atoms with Gasteiger partial charge in [-0.3, -0.25) is 10.1 Å². The normalized spacial score (nSPS) is 14.5. The Bertz CT molecular complexity index is 1310. The zero-order chi connectivity index (χ0) is 25.1. The molecule has 0 spiro atoms. The second-order valence-corrected chi connectivity index (χ2v) is 8.76. The van der Waals surface area contributed by atoms with Gasteiger partial charge in [0.25, 0.3) is 0 Å². The molecule has 1 saturated heterocycles. The summed E-state index contributed by atoms with van der Waals surface area (Å²) in [6.45, 7) is 8.24. The van der Waals surface area contributed by atoms with Crippen molar-refractivity contribution in [2.24, 2.45) is 0 Å². The minimum atomic E-state index is -0.186. The maximum atomic E-state index is 12.9. The highest BCUT2D eigenvalue weighted by Gasteiger charge is 2.24. The third-order valence-corrected chi connectivity index (χ3v) is 5.98. The number of urea groups is 1. The van der Waals surface area contributed by atoms with E-state index in [1.165, 1.54) is 6.26 Å². The van der Waals surface area contributed by atoms with Crippen molar-refractivity contribution in [3.63, 3.8) is 0 Å². The number of pyridine rings is 1. The Balaban J connectivity index is 1.16. The minimum absolute atomic E-state index is 0.107. The van der Waals surface area contributed by atoms with Crippen molar-refractivity contribution >= 4 is 23.6 Å². The van der Waals surface area contributed by atoms with E-state index in [1.54, 1.807) is 12.3 Å².